The molecule has 112 valence electrons. The number of thiocarbonyl (C=S) groups is 1. The molecule has 0 amide bonds. The number of anilines is 1. The topological polar surface area (TPSA) is 41.5 Å². The second-order valence-electron chi connectivity index (χ2n) is 4.85. The van der Waals surface area contributed by atoms with Crippen molar-refractivity contribution in [2.24, 2.45) is 4.99 Å². The molecule has 1 heterocycles. The van der Waals surface area contributed by atoms with Gasteiger partial charge >= 0.3 is 0 Å². The number of rotatable bonds is 2. The van der Waals surface area contributed by atoms with Gasteiger partial charge in [0.1, 0.15) is 10.8 Å². The maximum Gasteiger partial charge on any atom is 0.132 e. The Morgan fingerprint density at radius 2 is 2.00 bits per heavy atom. The average Bonchev–Trinajstić information content (AvgIpc) is 2.65. The van der Waals surface area contributed by atoms with Crippen LogP contribution in [0.5, 0.6) is 0 Å². The molecule has 1 aliphatic rings. The molecule has 1 atom stereocenters. The molecule has 1 N–H and O–H groups in total. The van der Waals surface area contributed by atoms with Crippen molar-refractivity contribution in [2.75, 3.05) is 18.1 Å². The Labute approximate surface area is 135 Å². The van der Waals surface area contributed by atoms with Gasteiger partial charge in [-0.2, -0.15) is 0 Å². The van der Waals surface area contributed by atoms with Crippen molar-refractivity contribution >= 4 is 39.4 Å². The number of nitrogens with zero attached hydrogens (tertiary/aromatic N) is 1. The SMILES string of the molecule is CS(=O)c1ccc2c(c1)C(c1ccccc1F)=NCC(=S)N2. The first-order chi connectivity index (χ1) is 10.6. The van der Waals surface area contributed by atoms with Crippen molar-refractivity contribution in [3.05, 3.63) is 59.4 Å². The highest BCUT2D eigenvalue weighted by atomic mass is 32.2. The van der Waals surface area contributed by atoms with E-state index in [-0.39, 0.29) is 12.4 Å². The summed E-state index contributed by atoms with van der Waals surface area (Å²) in [5.41, 5.74) is 2.39. The zero-order valence-corrected chi connectivity index (χ0v) is 13.4. The number of hydrogen-bond acceptors (Lipinski definition) is 3. The summed E-state index contributed by atoms with van der Waals surface area (Å²) in [4.78, 5) is 5.68. The van der Waals surface area contributed by atoms with E-state index in [0.717, 1.165) is 5.69 Å². The van der Waals surface area contributed by atoms with Crippen molar-refractivity contribution in [3.8, 4) is 0 Å². The Morgan fingerprint density at radius 1 is 1.23 bits per heavy atom. The lowest BCUT2D eigenvalue weighted by molar-refractivity contribution is 0.625. The van der Waals surface area contributed by atoms with Crippen LogP contribution in [0.1, 0.15) is 11.1 Å². The van der Waals surface area contributed by atoms with E-state index in [1.54, 1.807) is 42.7 Å². The number of aliphatic imine (C=N–C) groups is 1. The van der Waals surface area contributed by atoms with Crippen LogP contribution in [0.2, 0.25) is 0 Å². The van der Waals surface area contributed by atoms with Crippen molar-refractivity contribution < 1.29 is 8.60 Å². The lowest BCUT2D eigenvalue weighted by atomic mass is 10.00. The summed E-state index contributed by atoms with van der Waals surface area (Å²) < 4.78 is 25.9. The summed E-state index contributed by atoms with van der Waals surface area (Å²) in [7, 11) is -1.13. The molecule has 0 aromatic heterocycles. The zero-order valence-electron chi connectivity index (χ0n) is 11.8. The first kappa shape index (κ1) is 15.0. The van der Waals surface area contributed by atoms with E-state index in [2.05, 4.69) is 10.3 Å². The van der Waals surface area contributed by atoms with E-state index in [1.165, 1.54) is 6.07 Å². The van der Waals surface area contributed by atoms with Gasteiger partial charge in [-0.05, 0) is 30.3 Å². The quantitative estimate of drug-likeness (QED) is 0.859. The molecule has 0 fully saturated rings. The Kier molecular flexibility index (Phi) is 4.13. The summed E-state index contributed by atoms with van der Waals surface area (Å²) >= 11 is 5.22. The molecular weight excluding hydrogens is 319 g/mol. The largest absolute Gasteiger partial charge is 0.348 e. The molecule has 0 radical (unpaired) electrons. The number of benzene rings is 2. The highest BCUT2D eigenvalue weighted by Gasteiger charge is 2.19. The number of benzodiazepines with no additional fused rings is 1. The van der Waals surface area contributed by atoms with Crippen LogP contribution >= 0.6 is 12.2 Å². The third-order valence-electron chi connectivity index (χ3n) is 3.36. The number of fused-ring (bicyclic) bond motifs is 1. The van der Waals surface area contributed by atoms with Gasteiger partial charge in [0, 0.05) is 38.8 Å². The highest BCUT2D eigenvalue weighted by Crippen LogP contribution is 2.26. The standard InChI is InChI=1S/C16H13FN2OS2/c1-22(20)10-6-7-14-12(8-10)16(18-9-15(21)19-14)11-4-2-3-5-13(11)17/h2-8H,9H2,1H3,(H,19,21). The van der Waals surface area contributed by atoms with Crippen LogP contribution in [0, 0.1) is 5.82 Å². The van der Waals surface area contributed by atoms with E-state index in [9.17, 15) is 8.60 Å². The van der Waals surface area contributed by atoms with Crippen LogP contribution in [0.25, 0.3) is 0 Å². The fraction of sp³-hybridized carbons (Fsp3) is 0.125. The second-order valence-corrected chi connectivity index (χ2v) is 6.73. The van der Waals surface area contributed by atoms with Gasteiger partial charge in [0.2, 0.25) is 0 Å². The number of nitrogens with one attached hydrogen (secondary N) is 1. The fourth-order valence-corrected chi connectivity index (χ4v) is 3.03. The van der Waals surface area contributed by atoms with Gasteiger partial charge in [-0.25, -0.2) is 4.39 Å². The molecule has 6 heteroatoms. The first-order valence-electron chi connectivity index (χ1n) is 6.63. The van der Waals surface area contributed by atoms with Gasteiger partial charge < -0.3 is 5.32 Å². The normalized spacial score (nSPS) is 15.4. The van der Waals surface area contributed by atoms with Gasteiger partial charge in [-0.1, -0.05) is 24.4 Å². The fourth-order valence-electron chi connectivity index (χ4n) is 2.32. The lowest BCUT2D eigenvalue weighted by Crippen LogP contribution is -2.11. The minimum Gasteiger partial charge on any atom is -0.348 e. The monoisotopic (exact) mass is 332 g/mol. The molecule has 3 nitrogen and oxygen atoms in total. The molecule has 2 aromatic rings. The van der Waals surface area contributed by atoms with Gasteiger partial charge in [-0.3, -0.25) is 9.20 Å². The van der Waals surface area contributed by atoms with Crippen LogP contribution in [0.4, 0.5) is 10.1 Å². The average molecular weight is 332 g/mol. The second kappa shape index (κ2) is 6.06. The van der Waals surface area contributed by atoms with Crippen molar-refractivity contribution in [1.29, 1.82) is 0 Å². The molecule has 1 unspecified atom stereocenters. The maximum atomic E-state index is 14.2. The van der Waals surface area contributed by atoms with Crippen LogP contribution < -0.4 is 5.32 Å². The summed E-state index contributed by atoms with van der Waals surface area (Å²) in [6.07, 6.45) is 1.61. The molecule has 0 spiro atoms. The molecule has 22 heavy (non-hydrogen) atoms. The molecule has 0 saturated heterocycles. The van der Waals surface area contributed by atoms with Crippen molar-refractivity contribution in [2.45, 2.75) is 4.90 Å². The van der Waals surface area contributed by atoms with Crippen LogP contribution in [0.3, 0.4) is 0 Å². The minimum absolute atomic E-state index is 0.290. The summed E-state index contributed by atoms with van der Waals surface area (Å²) in [6, 6.07) is 11.8. The van der Waals surface area contributed by atoms with Crippen LogP contribution in [-0.2, 0) is 10.8 Å². The Hall–Kier alpha value is -1.92. The van der Waals surface area contributed by atoms with Gasteiger partial charge in [-0.15, -0.1) is 0 Å². The number of hydrogen-bond donors (Lipinski definition) is 1. The molecule has 3 rings (SSSR count). The van der Waals surface area contributed by atoms with Crippen molar-refractivity contribution in [3.63, 3.8) is 0 Å². The zero-order chi connectivity index (χ0) is 15.7. The third-order valence-corrected chi connectivity index (χ3v) is 4.51. The minimum atomic E-state index is -1.13. The highest BCUT2D eigenvalue weighted by molar-refractivity contribution is 7.84. The third kappa shape index (κ3) is 2.84. The van der Waals surface area contributed by atoms with E-state index in [4.69, 9.17) is 12.2 Å². The smallest absolute Gasteiger partial charge is 0.132 e. The summed E-state index contributed by atoms with van der Waals surface area (Å²) in [5, 5.41) is 3.10. The molecule has 0 aliphatic carbocycles. The van der Waals surface area contributed by atoms with E-state index < -0.39 is 10.8 Å². The van der Waals surface area contributed by atoms with Crippen LogP contribution in [-0.4, -0.2) is 27.7 Å². The number of halogens is 1. The molecule has 1 aliphatic heterocycles. The molecule has 0 bridgehead atoms. The van der Waals surface area contributed by atoms with E-state index in [0.29, 0.717) is 26.7 Å². The van der Waals surface area contributed by atoms with Gasteiger partial charge in [0.05, 0.1) is 12.3 Å². The lowest BCUT2D eigenvalue weighted by Gasteiger charge is -2.12. The predicted octanol–water partition coefficient (Wildman–Crippen LogP) is 3.15. The Bertz CT molecular complexity index is 818. The first-order valence-corrected chi connectivity index (χ1v) is 8.60. The summed E-state index contributed by atoms with van der Waals surface area (Å²) in [6.45, 7) is 0.290. The van der Waals surface area contributed by atoms with Gasteiger partial charge in [0.15, 0.2) is 0 Å². The van der Waals surface area contributed by atoms with Gasteiger partial charge in [0.25, 0.3) is 0 Å². The van der Waals surface area contributed by atoms with Crippen LogP contribution in [0.15, 0.2) is 52.4 Å². The Morgan fingerprint density at radius 3 is 2.73 bits per heavy atom. The van der Waals surface area contributed by atoms with Crippen molar-refractivity contribution in [1.82, 2.24) is 0 Å². The predicted molar refractivity (Wildman–Crippen MR) is 91.9 cm³/mol. The molecular formula is C16H13FN2OS2. The molecule has 0 saturated carbocycles. The van der Waals surface area contributed by atoms with E-state index in [1.807, 2.05) is 0 Å². The van der Waals surface area contributed by atoms with E-state index >= 15 is 0 Å². The summed E-state index contributed by atoms with van der Waals surface area (Å²) in [5.74, 6) is -0.344. The molecule has 2 aromatic carbocycles. The maximum absolute atomic E-state index is 14.2. The Balaban J connectivity index is 2.23.